The quantitative estimate of drug-likeness (QED) is 0.712. The van der Waals surface area contributed by atoms with Gasteiger partial charge in [0.1, 0.15) is 12.9 Å². The van der Waals surface area contributed by atoms with E-state index in [1.54, 1.807) is 18.6 Å². The van der Waals surface area contributed by atoms with Crippen molar-refractivity contribution >= 4 is 16.7 Å². The van der Waals surface area contributed by atoms with Crippen LogP contribution in [0.5, 0.6) is 0 Å². The van der Waals surface area contributed by atoms with Crippen molar-refractivity contribution < 1.29 is 4.79 Å². The number of fused-ring (bicyclic) bond motifs is 5. The van der Waals surface area contributed by atoms with Crippen LogP contribution in [0, 0.1) is 0 Å². The van der Waals surface area contributed by atoms with Crippen LogP contribution >= 0.6 is 0 Å². The third kappa shape index (κ3) is 2.25. The van der Waals surface area contributed by atoms with Crippen LogP contribution in [0.15, 0.2) is 53.8 Å². The van der Waals surface area contributed by atoms with E-state index in [1.807, 2.05) is 35.4 Å². The Morgan fingerprint density at radius 3 is 3.00 bits per heavy atom. The Bertz CT molecular complexity index is 1070. The monoisotopic (exact) mass is 346 g/mol. The molecule has 2 aliphatic heterocycles. The van der Waals surface area contributed by atoms with Crippen LogP contribution in [0.3, 0.4) is 0 Å². The van der Waals surface area contributed by atoms with Gasteiger partial charge in [-0.2, -0.15) is 0 Å². The zero-order chi connectivity index (χ0) is 17.7. The molecule has 4 heterocycles. The summed E-state index contributed by atoms with van der Waals surface area (Å²) in [6.07, 6.45) is 7.79. The fourth-order valence-electron chi connectivity index (χ4n) is 4.39. The van der Waals surface area contributed by atoms with Gasteiger partial charge in [0.25, 0.3) is 5.56 Å². The van der Waals surface area contributed by atoms with Gasteiger partial charge in [-0.25, -0.2) is 9.97 Å². The summed E-state index contributed by atoms with van der Waals surface area (Å²) in [6.45, 7) is 0.0691. The van der Waals surface area contributed by atoms with Gasteiger partial charge in [0.05, 0.1) is 11.7 Å². The number of hydrogen-bond donors (Lipinski definition) is 0. The Labute approximate surface area is 150 Å². The highest BCUT2D eigenvalue weighted by Gasteiger charge is 2.43. The van der Waals surface area contributed by atoms with Gasteiger partial charge in [0.2, 0.25) is 5.91 Å². The summed E-state index contributed by atoms with van der Waals surface area (Å²) in [5.41, 5.74) is 1.99. The van der Waals surface area contributed by atoms with E-state index in [4.69, 9.17) is 0 Å². The van der Waals surface area contributed by atoms with Crippen molar-refractivity contribution in [2.45, 2.75) is 37.9 Å². The van der Waals surface area contributed by atoms with Crippen molar-refractivity contribution in [2.24, 2.45) is 0 Å². The molecule has 6 heteroatoms. The summed E-state index contributed by atoms with van der Waals surface area (Å²) in [5.74, 6) is -0.00983. The van der Waals surface area contributed by atoms with E-state index in [9.17, 15) is 9.59 Å². The minimum absolute atomic E-state index is 0.00983. The number of benzene rings is 1. The van der Waals surface area contributed by atoms with Gasteiger partial charge in [-0.1, -0.05) is 18.2 Å². The normalized spacial score (nSPS) is 21.0. The van der Waals surface area contributed by atoms with Crippen LogP contribution in [0.2, 0.25) is 0 Å². The molecule has 0 spiro atoms. The molecule has 1 amide bonds. The van der Waals surface area contributed by atoms with Gasteiger partial charge in [-0.05, 0) is 30.4 Å². The van der Waals surface area contributed by atoms with Crippen molar-refractivity contribution in [1.82, 2.24) is 19.4 Å². The smallest absolute Gasteiger partial charge is 0.258 e. The summed E-state index contributed by atoms with van der Waals surface area (Å²) in [6, 6.07) is 9.55. The Morgan fingerprint density at radius 1 is 1.19 bits per heavy atom. The molecule has 1 fully saturated rings. The van der Waals surface area contributed by atoms with Gasteiger partial charge >= 0.3 is 0 Å². The molecule has 2 atom stereocenters. The van der Waals surface area contributed by atoms with Gasteiger partial charge < -0.3 is 9.47 Å². The summed E-state index contributed by atoms with van der Waals surface area (Å²) in [4.78, 5) is 36.2. The predicted octanol–water partition coefficient (Wildman–Crippen LogP) is 2.08. The minimum Gasteiger partial charge on any atom is -0.331 e. The molecule has 1 aromatic carbocycles. The zero-order valence-corrected chi connectivity index (χ0v) is 14.2. The lowest BCUT2D eigenvalue weighted by molar-refractivity contribution is -0.135. The van der Waals surface area contributed by atoms with E-state index in [-0.39, 0.29) is 30.1 Å². The molecule has 1 saturated heterocycles. The Balaban J connectivity index is 1.47. The van der Waals surface area contributed by atoms with E-state index >= 15 is 0 Å². The standard InChI is InChI=1S/C20H18N4O2/c25-19(11-23-8-7-13-3-1-2-4-15(13)20(23)26)24-14-5-6-18(24)16-10-21-12-22-17(16)9-14/h1-4,7-8,10,12,14,18H,5-6,9,11H2. The highest BCUT2D eigenvalue weighted by Crippen LogP contribution is 2.42. The van der Waals surface area contributed by atoms with E-state index < -0.39 is 0 Å². The van der Waals surface area contributed by atoms with Gasteiger partial charge in [0, 0.05) is 35.8 Å². The molecule has 3 aromatic rings. The number of pyridine rings is 1. The van der Waals surface area contributed by atoms with Gasteiger partial charge in [0.15, 0.2) is 0 Å². The predicted molar refractivity (Wildman–Crippen MR) is 96.6 cm³/mol. The van der Waals surface area contributed by atoms with Crippen LogP contribution in [0.1, 0.15) is 30.1 Å². The first kappa shape index (κ1) is 15.3. The summed E-state index contributed by atoms with van der Waals surface area (Å²) >= 11 is 0. The van der Waals surface area contributed by atoms with Crippen molar-refractivity contribution in [3.8, 4) is 0 Å². The fourth-order valence-corrected chi connectivity index (χ4v) is 4.39. The molecular formula is C20H18N4O2. The third-order valence-corrected chi connectivity index (χ3v) is 5.60. The molecule has 26 heavy (non-hydrogen) atoms. The number of aromatic nitrogens is 3. The lowest BCUT2D eigenvalue weighted by atomic mass is 9.99. The van der Waals surface area contributed by atoms with Gasteiger partial charge in [-0.15, -0.1) is 0 Å². The molecule has 0 radical (unpaired) electrons. The molecule has 2 aromatic heterocycles. The topological polar surface area (TPSA) is 68.1 Å². The van der Waals surface area contributed by atoms with Crippen molar-refractivity contribution in [3.63, 3.8) is 0 Å². The maximum absolute atomic E-state index is 13.1. The van der Waals surface area contributed by atoms with Crippen LogP contribution < -0.4 is 5.56 Å². The number of hydrogen-bond acceptors (Lipinski definition) is 4. The molecule has 0 saturated carbocycles. The second-order valence-corrected chi connectivity index (χ2v) is 7.01. The Kier molecular flexibility index (Phi) is 3.38. The van der Waals surface area contributed by atoms with Gasteiger partial charge in [-0.3, -0.25) is 9.59 Å². The molecule has 2 aliphatic rings. The first-order valence-electron chi connectivity index (χ1n) is 8.90. The molecule has 5 rings (SSSR count). The maximum atomic E-state index is 13.1. The summed E-state index contributed by atoms with van der Waals surface area (Å²) in [5, 5.41) is 1.54. The number of rotatable bonds is 2. The van der Waals surface area contributed by atoms with Crippen LogP contribution in [0.4, 0.5) is 0 Å². The van der Waals surface area contributed by atoms with Crippen molar-refractivity contribution in [3.05, 3.63) is 70.7 Å². The first-order valence-corrected chi connectivity index (χ1v) is 8.90. The van der Waals surface area contributed by atoms with Crippen molar-refractivity contribution in [1.29, 1.82) is 0 Å². The summed E-state index contributed by atoms with van der Waals surface area (Å²) < 4.78 is 1.51. The second-order valence-electron chi connectivity index (χ2n) is 7.01. The van der Waals surface area contributed by atoms with Crippen LogP contribution in [-0.2, 0) is 17.8 Å². The third-order valence-electron chi connectivity index (χ3n) is 5.60. The van der Waals surface area contributed by atoms with Crippen LogP contribution in [0.25, 0.3) is 10.8 Å². The lowest BCUT2D eigenvalue weighted by Crippen LogP contribution is -2.44. The van der Waals surface area contributed by atoms with Crippen molar-refractivity contribution in [2.75, 3.05) is 0 Å². The van der Waals surface area contributed by atoms with E-state index in [2.05, 4.69) is 9.97 Å². The zero-order valence-electron chi connectivity index (χ0n) is 14.2. The Morgan fingerprint density at radius 2 is 2.08 bits per heavy atom. The molecule has 2 unspecified atom stereocenters. The molecule has 0 N–H and O–H groups in total. The number of carbonyl (C=O) groups excluding carboxylic acids is 1. The molecule has 2 bridgehead atoms. The first-order chi connectivity index (χ1) is 12.7. The minimum atomic E-state index is -0.121. The average molecular weight is 346 g/mol. The Hall–Kier alpha value is -3.02. The van der Waals surface area contributed by atoms with Crippen LogP contribution in [-0.4, -0.2) is 31.4 Å². The largest absolute Gasteiger partial charge is 0.331 e. The lowest BCUT2D eigenvalue weighted by Gasteiger charge is -2.35. The fraction of sp³-hybridized carbons (Fsp3) is 0.300. The maximum Gasteiger partial charge on any atom is 0.258 e. The molecule has 130 valence electrons. The second kappa shape index (κ2) is 5.76. The van der Waals surface area contributed by atoms with E-state index in [0.717, 1.165) is 35.9 Å². The SMILES string of the molecule is O=C(Cn1ccc2ccccc2c1=O)N1C2CCC1c1cncnc1C2. The molecule has 6 nitrogen and oxygen atoms in total. The van der Waals surface area contributed by atoms with E-state index in [1.165, 1.54) is 4.57 Å². The number of carbonyl (C=O) groups is 1. The summed E-state index contributed by atoms with van der Waals surface area (Å²) in [7, 11) is 0. The van der Waals surface area contributed by atoms with E-state index in [0.29, 0.717) is 5.39 Å². The molecule has 0 aliphatic carbocycles. The highest BCUT2D eigenvalue weighted by atomic mass is 16.2. The average Bonchev–Trinajstić information content (AvgIpc) is 2.99. The highest BCUT2D eigenvalue weighted by molar-refractivity contribution is 5.82. The number of nitrogens with zero attached hydrogens (tertiary/aromatic N) is 4. The molecular weight excluding hydrogens is 328 g/mol. The number of amides is 1.